The number of rotatable bonds is 6. The van der Waals surface area contributed by atoms with E-state index in [0.29, 0.717) is 28.0 Å². The molecule has 0 aliphatic heterocycles. The number of carbonyl (C=O) groups is 1. The number of hydrogen-bond donors (Lipinski definition) is 1. The Morgan fingerprint density at radius 1 is 1.17 bits per heavy atom. The lowest BCUT2D eigenvalue weighted by molar-refractivity contribution is 0.102. The van der Waals surface area contributed by atoms with Gasteiger partial charge in [0.05, 0.1) is 14.2 Å². The first kappa shape index (κ1) is 17.1. The first-order valence-corrected chi connectivity index (χ1v) is 8.07. The zero-order valence-corrected chi connectivity index (χ0v) is 14.4. The number of benzene rings is 1. The summed E-state index contributed by atoms with van der Waals surface area (Å²) in [4.78, 5) is 21.0. The zero-order chi connectivity index (χ0) is 16.8. The van der Waals surface area contributed by atoms with E-state index in [9.17, 15) is 4.79 Å². The first-order valence-electron chi connectivity index (χ1n) is 7.09. The minimum atomic E-state index is -0.291. The van der Waals surface area contributed by atoms with Gasteiger partial charge in [0.25, 0.3) is 5.91 Å². The molecule has 7 heteroatoms. The third-order valence-electron chi connectivity index (χ3n) is 2.98. The molecule has 6 nitrogen and oxygen atoms in total. The molecular weight excluding hydrogens is 314 g/mol. The van der Waals surface area contributed by atoms with Crippen molar-refractivity contribution < 1.29 is 14.3 Å². The summed E-state index contributed by atoms with van der Waals surface area (Å²) in [6, 6.07) is 6.84. The number of nitrogens with zero attached hydrogens (tertiary/aromatic N) is 2. The van der Waals surface area contributed by atoms with Gasteiger partial charge >= 0.3 is 0 Å². The van der Waals surface area contributed by atoms with Crippen molar-refractivity contribution in [2.24, 2.45) is 0 Å². The minimum Gasteiger partial charge on any atom is -0.493 e. The summed E-state index contributed by atoms with van der Waals surface area (Å²) in [7, 11) is 3.11. The maximum absolute atomic E-state index is 12.4. The number of methoxy groups -OCH3 is 2. The van der Waals surface area contributed by atoms with Gasteiger partial charge in [-0.15, -0.1) is 0 Å². The molecule has 1 amide bonds. The Labute approximate surface area is 139 Å². The number of hydrogen-bond acceptors (Lipinski definition) is 6. The summed E-state index contributed by atoms with van der Waals surface area (Å²) >= 11 is 1.50. The molecule has 122 valence electrons. The summed E-state index contributed by atoms with van der Waals surface area (Å²) in [5.74, 6) is 1.71. The normalized spacial score (nSPS) is 10.3. The highest BCUT2D eigenvalue weighted by atomic mass is 32.2. The number of nitrogens with one attached hydrogen (secondary N) is 1. The molecule has 2 rings (SSSR count). The van der Waals surface area contributed by atoms with Gasteiger partial charge in [0.2, 0.25) is 0 Å². The molecule has 23 heavy (non-hydrogen) atoms. The third-order valence-corrected chi connectivity index (χ3v) is 3.71. The molecule has 0 aliphatic rings. The molecule has 0 unspecified atom stereocenters. The van der Waals surface area contributed by atoms with Crippen LogP contribution >= 0.6 is 11.8 Å². The Hall–Kier alpha value is -2.28. The summed E-state index contributed by atoms with van der Waals surface area (Å²) in [5, 5.41) is 3.41. The average molecular weight is 333 g/mol. The molecule has 1 N–H and O–H groups in total. The smallest absolute Gasteiger partial charge is 0.274 e. The fourth-order valence-electron chi connectivity index (χ4n) is 1.96. The molecule has 0 spiro atoms. The van der Waals surface area contributed by atoms with E-state index in [0.717, 1.165) is 11.4 Å². The van der Waals surface area contributed by atoms with Crippen LogP contribution in [0, 0.1) is 6.92 Å². The van der Waals surface area contributed by atoms with E-state index in [4.69, 9.17) is 9.47 Å². The van der Waals surface area contributed by atoms with Crippen LogP contribution in [-0.4, -0.2) is 35.8 Å². The van der Waals surface area contributed by atoms with Crippen molar-refractivity contribution in [1.82, 2.24) is 9.97 Å². The van der Waals surface area contributed by atoms with E-state index in [-0.39, 0.29) is 5.91 Å². The SMILES string of the molecule is CCSc1nc(C)cc(C(=O)Nc2ccc(OC)c(OC)c2)n1. The van der Waals surface area contributed by atoms with Gasteiger partial charge in [-0.05, 0) is 30.9 Å². The quantitative estimate of drug-likeness (QED) is 0.646. The van der Waals surface area contributed by atoms with Crippen molar-refractivity contribution in [1.29, 1.82) is 0 Å². The summed E-state index contributed by atoms with van der Waals surface area (Å²) in [6.07, 6.45) is 0. The molecule has 0 atom stereocenters. The first-order chi connectivity index (χ1) is 11.1. The average Bonchev–Trinajstić information content (AvgIpc) is 2.54. The molecule has 0 radical (unpaired) electrons. The van der Waals surface area contributed by atoms with Crippen molar-refractivity contribution in [3.05, 3.63) is 35.7 Å². The Morgan fingerprint density at radius 2 is 1.91 bits per heavy atom. The Morgan fingerprint density at radius 3 is 2.57 bits per heavy atom. The van der Waals surface area contributed by atoms with Gasteiger partial charge in [0, 0.05) is 17.4 Å². The van der Waals surface area contributed by atoms with Gasteiger partial charge in [-0.25, -0.2) is 9.97 Å². The Bertz CT molecular complexity index is 707. The molecule has 0 saturated carbocycles. The topological polar surface area (TPSA) is 73.3 Å². The molecule has 1 aromatic heterocycles. The summed E-state index contributed by atoms with van der Waals surface area (Å²) in [6.45, 7) is 3.86. The van der Waals surface area contributed by atoms with Gasteiger partial charge < -0.3 is 14.8 Å². The third kappa shape index (κ3) is 4.35. The number of anilines is 1. The Kier molecular flexibility index (Phi) is 5.81. The van der Waals surface area contributed by atoms with E-state index >= 15 is 0 Å². The molecular formula is C16H19N3O3S. The maximum atomic E-state index is 12.4. The van der Waals surface area contributed by atoms with Crippen LogP contribution in [0.25, 0.3) is 0 Å². The second kappa shape index (κ2) is 7.82. The van der Waals surface area contributed by atoms with Gasteiger partial charge in [-0.3, -0.25) is 4.79 Å². The minimum absolute atomic E-state index is 0.291. The number of ether oxygens (including phenoxy) is 2. The molecule has 2 aromatic rings. The molecule has 1 heterocycles. The van der Waals surface area contributed by atoms with Crippen molar-refractivity contribution in [2.45, 2.75) is 19.0 Å². The largest absolute Gasteiger partial charge is 0.493 e. The lowest BCUT2D eigenvalue weighted by Gasteiger charge is -2.11. The van der Waals surface area contributed by atoms with Gasteiger partial charge in [-0.1, -0.05) is 18.7 Å². The summed E-state index contributed by atoms with van der Waals surface area (Å²) < 4.78 is 10.4. The van der Waals surface area contributed by atoms with Crippen LogP contribution in [0.5, 0.6) is 11.5 Å². The highest BCUT2D eigenvalue weighted by molar-refractivity contribution is 7.99. The molecule has 0 aliphatic carbocycles. The van der Waals surface area contributed by atoms with Crippen LogP contribution in [0.4, 0.5) is 5.69 Å². The monoisotopic (exact) mass is 333 g/mol. The molecule has 0 saturated heterocycles. The standard InChI is InChI=1S/C16H19N3O3S/c1-5-23-16-17-10(2)8-12(19-16)15(20)18-11-6-7-13(21-3)14(9-11)22-4/h6-9H,5H2,1-4H3,(H,18,20). The highest BCUT2D eigenvalue weighted by Gasteiger charge is 2.12. The summed E-state index contributed by atoms with van der Waals surface area (Å²) in [5.41, 5.74) is 1.70. The van der Waals surface area contributed by atoms with Crippen LogP contribution in [0.15, 0.2) is 29.4 Å². The van der Waals surface area contributed by atoms with Crippen molar-refractivity contribution >= 4 is 23.4 Å². The van der Waals surface area contributed by atoms with E-state index in [1.807, 2.05) is 13.8 Å². The molecule has 1 aromatic carbocycles. The predicted molar refractivity (Wildman–Crippen MR) is 90.7 cm³/mol. The van der Waals surface area contributed by atoms with Crippen LogP contribution in [0.3, 0.4) is 0 Å². The predicted octanol–water partition coefficient (Wildman–Crippen LogP) is 3.17. The van der Waals surface area contributed by atoms with Crippen molar-refractivity contribution in [2.75, 3.05) is 25.3 Å². The van der Waals surface area contributed by atoms with Crippen LogP contribution in [0.2, 0.25) is 0 Å². The van der Waals surface area contributed by atoms with Gasteiger partial charge in [0.1, 0.15) is 5.69 Å². The van der Waals surface area contributed by atoms with Gasteiger partial charge in [-0.2, -0.15) is 0 Å². The number of aromatic nitrogens is 2. The second-order valence-electron chi connectivity index (χ2n) is 4.63. The van der Waals surface area contributed by atoms with E-state index in [1.54, 1.807) is 38.5 Å². The maximum Gasteiger partial charge on any atom is 0.274 e. The van der Waals surface area contributed by atoms with E-state index < -0.39 is 0 Å². The fraction of sp³-hybridized carbons (Fsp3) is 0.312. The van der Waals surface area contributed by atoms with Crippen LogP contribution in [0.1, 0.15) is 23.1 Å². The fourth-order valence-corrected chi connectivity index (χ4v) is 2.59. The molecule has 0 bridgehead atoms. The Balaban J connectivity index is 2.22. The van der Waals surface area contributed by atoms with Crippen LogP contribution < -0.4 is 14.8 Å². The molecule has 0 fully saturated rings. The van der Waals surface area contributed by atoms with Crippen molar-refractivity contribution in [3.63, 3.8) is 0 Å². The zero-order valence-electron chi connectivity index (χ0n) is 13.5. The highest BCUT2D eigenvalue weighted by Crippen LogP contribution is 2.29. The second-order valence-corrected chi connectivity index (χ2v) is 5.87. The van der Waals surface area contributed by atoms with E-state index in [1.165, 1.54) is 11.8 Å². The number of aryl methyl sites for hydroxylation is 1. The van der Waals surface area contributed by atoms with Crippen LogP contribution in [-0.2, 0) is 0 Å². The number of thioether (sulfide) groups is 1. The number of carbonyl (C=O) groups excluding carboxylic acids is 1. The van der Waals surface area contributed by atoms with E-state index in [2.05, 4.69) is 15.3 Å². The lowest BCUT2D eigenvalue weighted by Crippen LogP contribution is -2.15. The lowest BCUT2D eigenvalue weighted by atomic mass is 10.2. The van der Waals surface area contributed by atoms with Crippen molar-refractivity contribution in [3.8, 4) is 11.5 Å². The number of amides is 1. The van der Waals surface area contributed by atoms with Gasteiger partial charge in [0.15, 0.2) is 16.7 Å².